The second-order valence-electron chi connectivity index (χ2n) is 8.86. The summed E-state index contributed by atoms with van der Waals surface area (Å²) in [6.45, 7) is 0. The highest BCUT2D eigenvalue weighted by molar-refractivity contribution is 6.05. The first kappa shape index (κ1) is 23.7. The zero-order valence-corrected chi connectivity index (χ0v) is 19.3. The Bertz CT molecular complexity index is 1020. The molecule has 8 heteroatoms. The van der Waals surface area contributed by atoms with Crippen LogP contribution in [0, 0.1) is 5.82 Å². The summed E-state index contributed by atoms with van der Waals surface area (Å²) in [5.74, 6) is -0.731. The number of halogens is 1. The van der Waals surface area contributed by atoms with Gasteiger partial charge in [-0.1, -0.05) is 31.4 Å². The van der Waals surface area contributed by atoms with Crippen molar-refractivity contribution < 1.29 is 23.5 Å². The third kappa shape index (κ3) is 5.38. The third-order valence-electron chi connectivity index (χ3n) is 6.53. The molecule has 0 aromatic heterocycles. The highest BCUT2D eigenvalue weighted by atomic mass is 19.1. The van der Waals surface area contributed by atoms with Crippen molar-refractivity contribution in [2.45, 2.75) is 63.1 Å². The topological polar surface area (TPSA) is 87.7 Å². The monoisotopic (exact) mass is 467 g/mol. The largest absolute Gasteiger partial charge is 0.497 e. The van der Waals surface area contributed by atoms with Gasteiger partial charge in [-0.05, 0) is 61.2 Å². The predicted molar refractivity (Wildman–Crippen MR) is 126 cm³/mol. The maximum absolute atomic E-state index is 13.8. The summed E-state index contributed by atoms with van der Waals surface area (Å²) in [6, 6.07) is 10.7. The predicted octanol–water partition coefficient (Wildman–Crippen LogP) is 3.64. The Labute approximate surface area is 198 Å². The molecule has 34 heavy (non-hydrogen) atoms. The molecule has 4 rings (SSSR count). The Morgan fingerprint density at radius 2 is 1.71 bits per heavy atom. The number of methoxy groups -OCH3 is 1. The minimum Gasteiger partial charge on any atom is -0.497 e. The van der Waals surface area contributed by atoms with E-state index in [0.717, 1.165) is 32.1 Å². The highest BCUT2D eigenvalue weighted by Crippen LogP contribution is 2.32. The average molecular weight is 468 g/mol. The van der Waals surface area contributed by atoms with Crippen LogP contribution in [-0.2, 0) is 14.4 Å². The van der Waals surface area contributed by atoms with E-state index in [1.54, 1.807) is 31.4 Å². The second kappa shape index (κ2) is 10.7. The van der Waals surface area contributed by atoms with Gasteiger partial charge in [-0.25, -0.2) is 4.39 Å². The molecule has 1 aliphatic carbocycles. The first-order valence-corrected chi connectivity index (χ1v) is 11.8. The average Bonchev–Trinajstić information content (AvgIpc) is 3.30. The molecule has 3 amide bonds. The Morgan fingerprint density at radius 1 is 1.03 bits per heavy atom. The number of anilines is 1. The van der Waals surface area contributed by atoms with Crippen molar-refractivity contribution in [3.8, 4) is 5.75 Å². The van der Waals surface area contributed by atoms with E-state index in [9.17, 15) is 18.8 Å². The normalized spacial score (nSPS) is 19.2. The van der Waals surface area contributed by atoms with Crippen LogP contribution < -0.4 is 20.3 Å². The Morgan fingerprint density at radius 3 is 2.29 bits per heavy atom. The third-order valence-corrected chi connectivity index (χ3v) is 6.53. The summed E-state index contributed by atoms with van der Waals surface area (Å²) in [5, 5.41) is 5.84. The molecular weight excluding hydrogens is 437 g/mol. The summed E-state index contributed by atoms with van der Waals surface area (Å²) >= 11 is 0. The van der Waals surface area contributed by atoms with Gasteiger partial charge in [0.25, 0.3) is 5.91 Å². The van der Waals surface area contributed by atoms with Crippen molar-refractivity contribution in [3.63, 3.8) is 0 Å². The summed E-state index contributed by atoms with van der Waals surface area (Å²) in [6.07, 6.45) is 5.61. The summed E-state index contributed by atoms with van der Waals surface area (Å²) < 4.78 is 19.0. The highest BCUT2D eigenvalue weighted by Gasteiger charge is 2.39. The van der Waals surface area contributed by atoms with Crippen LogP contribution in [0.15, 0.2) is 48.5 Å². The number of carbonyl (C=O) groups excluding carboxylic acids is 3. The SMILES string of the molecule is COc1ccc(N(C(=O)[C@H]2CCC(=O)N2)[C@H](C(=O)NC2CCCCC2)c2ccc(F)cc2)cc1. The van der Waals surface area contributed by atoms with Gasteiger partial charge >= 0.3 is 0 Å². The first-order valence-electron chi connectivity index (χ1n) is 11.8. The van der Waals surface area contributed by atoms with E-state index in [1.807, 2.05) is 0 Å². The smallest absolute Gasteiger partial charge is 0.250 e. The molecule has 1 saturated carbocycles. The summed E-state index contributed by atoms with van der Waals surface area (Å²) in [7, 11) is 1.55. The number of carbonyl (C=O) groups is 3. The van der Waals surface area contributed by atoms with Gasteiger partial charge in [0.15, 0.2) is 0 Å². The number of benzene rings is 2. The van der Waals surface area contributed by atoms with E-state index >= 15 is 0 Å². The minimum absolute atomic E-state index is 0.0307. The molecule has 2 fully saturated rings. The minimum atomic E-state index is -1.03. The standard InChI is InChI=1S/C26H30FN3O4/c1-34-21-13-11-20(12-14-21)30(26(33)22-15-16-23(31)29-22)24(17-7-9-18(27)10-8-17)25(32)28-19-5-3-2-4-6-19/h7-14,19,22,24H,2-6,15-16H2,1H3,(H,28,32)(H,29,31)/t22-,24+/m1/s1. The Balaban J connectivity index is 1.74. The molecule has 2 atom stereocenters. The van der Waals surface area contributed by atoms with Gasteiger partial charge in [-0.15, -0.1) is 0 Å². The van der Waals surface area contributed by atoms with Crippen molar-refractivity contribution in [2.24, 2.45) is 0 Å². The molecule has 2 aliphatic rings. The van der Waals surface area contributed by atoms with E-state index < -0.39 is 17.9 Å². The van der Waals surface area contributed by atoms with Crippen LogP contribution in [-0.4, -0.2) is 36.9 Å². The fourth-order valence-corrected chi connectivity index (χ4v) is 4.70. The lowest BCUT2D eigenvalue weighted by molar-refractivity contribution is -0.128. The lowest BCUT2D eigenvalue weighted by atomic mass is 9.94. The van der Waals surface area contributed by atoms with E-state index in [2.05, 4.69) is 10.6 Å². The summed E-state index contributed by atoms with van der Waals surface area (Å²) in [4.78, 5) is 40.7. The van der Waals surface area contributed by atoms with Gasteiger partial charge < -0.3 is 15.4 Å². The van der Waals surface area contributed by atoms with Gasteiger partial charge in [0.05, 0.1) is 7.11 Å². The molecule has 0 bridgehead atoms. The number of nitrogens with zero attached hydrogens (tertiary/aromatic N) is 1. The second-order valence-corrected chi connectivity index (χ2v) is 8.86. The van der Waals surface area contributed by atoms with Crippen LogP contribution in [0.25, 0.3) is 0 Å². The fraction of sp³-hybridized carbons (Fsp3) is 0.423. The van der Waals surface area contributed by atoms with Crippen molar-refractivity contribution in [1.82, 2.24) is 10.6 Å². The lowest BCUT2D eigenvalue weighted by Crippen LogP contribution is -2.51. The Hall–Kier alpha value is -3.42. The molecule has 2 aromatic carbocycles. The molecule has 7 nitrogen and oxygen atoms in total. The van der Waals surface area contributed by atoms with E-state index in [0.29, 0.717) is 23.4 Å². The number of nitrogens with one attached hydrogen (secondary N) is 2. The zero-order chi connectivity index (χ0) is 24.1. The number of hydrogen-bond donors (Lipinski definition) is 2. The van der Waals surface area contributed by atoms with Gasteiger partial charge in [0, 0.05) is 18.2 Å². The molecule has 2 aromatic rings. The van der Waals surface area contributed by atoms with E-state index in [-0.39, 0.29) is 30.2 Å². The number of hydrogen-bond acceptors (Lipinski definition) is 4. The Kier molecular flexibility index (Phi) is 7.45. The van der Waals surface area contributed by atoms with Gasteiger partial charge in [0.2, 0.25) is 11.8 Å². The van der Waals surface area contributed by atoms with Crippen LogP contribution in [0.2, 0.25) is 0 Å². The van der Waals surface area contributed by atoms with Gasteiger partial charge in [-0.3, -0.25) is 19.3 Å². The number of ether oxygens (including phenoxy) is 1. The number of rotatable bonds is 7. The van der Waals surface area contributed by atoms with Crippen LogP contribution in [0.1, 0.15) is 56.6 Å². The molecule has 0 unspecified atom stereocenters. The van der Waals surface area contributed by atoms with Crippen LogP contribution in [0.4, 0.5) is 10.1 Å². The maximum atomic E-state index is 13.8. The van der Waals surface area contributed by atoms with E-state index in [1.165, 1.54) is 29.2 Å². The molecule has 1 aliphatic heterocycles. The van der Waals surface area contributed by atoms with Crippen LogP contribution in [0.5, 0.6) is 5.75 Å². The van der Waals surface area contributed by atoms with Crippen LogP contribution >= 0.6 is 0 Å². The van der Waals surface area contributed by atoms with Crippen molar-refractivity contribution in [1.29, 1.82) is 0 Å². The summed E-state index contributed by atoms with van der Waals surface area (Å²) in [5.41, 5.74) is 0.975. The maximum Gasteiger partial charge on any atom is 0.250 e. The van der Waals surface area contributed by atoms with Crippen molar-refractivity contribution >= 4 is 23.4 Å². The molecular formula is C26H30FN3O4. The molecule has 1 saturated heterocycles. The molecule has 2 N–H and O–H groups in total. The van der Waals surface area contributed by atoms with Gasteiger partial charge in [0.1, 0.15) is 23.7 Å². The number of amides is 3. The molecule has 1 heterocycles. The van der Waals surface area contributed by atoms with Crippen molar-refractivity contribution in [3.05, 3.63) is 59.9 Å². The van der Waals surface area contributed by atoms with Crippen LogP contribution in [0.3, 0.4) is 0 Å². The molecule has 180 valence electrons. The zero-order valence-electron chi connectivity index (χ0n) is 19.3. The molecule has 0 radical (unpaired) electrons. The quantitative estimate of drug-likeness (QED) is 0.651. The lowest BCUT2D eigenvalue weighted by Gasteiger charge is -2.34. The van der Waals surface area contributed by atoms with Crippen molar-refractivity contribution in [2.75, 3.05) is 12.0 Å². The van der Waals surface area contributed by atoms with Gasteiger partial charge in [-0.2, -0.15) is 0 Å². The first-order chi connectivity index (χ1) is 16.5. The fourth-order valence-electron chi connectivity index (χ4n) is 4.70. The molecule has 0 spiro atoms. The van der Waals surface area contributed by atoms with E-state index in [4.69, 9.17) is 4.74 Å².